The highest BCUT2D eigenvalue weighted by atomic mass is 16.7. The van der Waals surface area contributed by atoms with Crippen molar-refractivity contribution in [1.29, 1.82) is 0 Å². The number of nitrogens with zero attached hydrogens (tertiary/aromatic N) is 1. The second-order valence-electron chi connectivity index (χ2n) is 8.98. The van der Waals surface area contributed by atoms with Crippen LogP contribution in [-0.2, 0) is 23.7 Å². The second kappa shape index (κ2) is 14.1. The van der Waals surface area contributed by atoms with Gasteiger partial charge in [-0.25, -0.2) is 9.59 Å². The molecule has 3 rings (SSSR count). The van der Waals surface area contributed by atoms with E-state index >= 15 is 0 Å². The number of urea groups is 1. The van der Waals surface area contributed by atoms with Crippen LogP contribution in [0.1, 0.15) is 19.4 Å². The molecule has 1 aromatic carbocycles. The van der Waals surface area contributed by atoms with Gasteiger partial charge in [-0.05, 0) is 37.6 Å². The van der Waals surface area contributed by atoms with Gasteiger partial charge in [0.05, 0.1) is 19.8 Å². The molecular weight excluding hydrogens is 470 g/mol. The van der Waals surface area contributed by atoms with E-state index in [4.69, 9.17) is 23.7 Å². The van der Waals surface area contributed by atoms with Crippen LogP contribution in [0.15, 0.2) is 30.3 Å². The summed E-state index contributed by atoms with van der Waals surface area (Å²) in [6, 6.07) is 7.03. The average molecular weight is 508 g/mol. The van der Waals surface area contributed by atoms with Gasteiger partial charge in [0.2, 0.25) is 0 Å². The molecule has 36 heavy (non-hydrogen) atoms. The van der Waals surface area contributed by atoms with E-state index in [2.05, 4.69) is 10.6 Å². The molecule has 0 unspecified atom stereocenters. The Hall–Kier alpha value is -2.70. The van der Waals surface area contributed by atoms with Gasteiger partial charge in [0, 0.05) is 38.8 Å². The number of nitrogens with one attached hydrogen (secondary N) is 2. The van der Waals surface area contributed by atoms with Crippen LogP contribution in [0, 0.1) is 0 Å². The van der Waals surface area contributed by atoms with Crippen molar-refractivity contribution in [3.63, 3.8) is 0 Å². The molecule has 2 aliphatic rings. The molecule has 2 saturated heterocycles. The Balaban J connectivity index is 1.25. The number of rotatable bonds is 12. The zero-order chi connectivity index (χ0) is 25.8. The third kappa shape index (κ3) is 10.1. The minimum atomic E-state index is -0.700. The summed E-state index contributed by atoms with van der Waals surface area (Å²) in [4.78, 5) is 25.6. The zero-order valence-corrected chi connectivity index (χ0v) is 20.9. The lowest BCUT2D eigenvalue weighted by Crippen LogP contribution is -2.47. The summed E-state index contributed by atoms with van der Waals surface area (Å²) in [5.74, 6) is -0.501. The molecule has 3 N–H and O–H groups in total. The first-order chi connectivity index (χ1) is 17.3. The Kier molecular flexibility index (Phi) is 11.0. The summed E-state index contributed by atoms with van der Waals surface area (Å²) in [5.41, 5.74) is 0.808. The first-order valence-electron chi connectivity index (χ1n) is 12.2. The van der Waals surface area contributed by atoms with Gasteiger partial charge in [-0.3, -0.25) is 0 Å². The lowest BCUT2D eigenvalue weighted by atomic mass is 10.2. The number of morpholine rings is 1. The van der Waals surface area contributed by atoms with Crippen molar-refractivity contribution in [1.82, 2.24) is 15.5 Å². The van der Waals surface area contributed by atoms with Crippen LogP contribution in [-0.4, -0.2) is 106 Å². The van der Waals surface area contributed by atoms with Gasteiger partial charge in [0.1, 0.15) is 31.2 Å². The molecule has 2 heterocycles. The van der Waals surface area contributed by atoms with Gasteiger partial charge in [-0.2, -0.15) is 0 Å². The quantitative estimate of drug-likeness (QED) is 0.213. The fourth-order valence-electron chi connectivity index (χ4n) is 3.56. The van der Waals surface area contributed by atoms with Crippen LogP contribution >= 0.6 is 0 Å². The third-order valence-electron chi connectivity index (χ3n) is 5.47. The monoisotopic (exact) mass is 507 g/mol. The van der Waals surface area contributed by atoms with Crippen LogP contribution in [0.5, 0.6) is 5.75 Å². The number of aliphatic hydroxyl groups is 1. The van der Waals surface area contributed by atoms with Crippen molar-refractivity contribution in [2.45, 2.75) is 31.8 Å². The van der Waals surface area contributed by atoms with Crippen molar-refractivity contribution >= 4 is 18.1 Å². The molecule has 0 saturated carbocycles. The highest BCUT2D eigenvalue weighted by Crippen LogP contribution is 2.22. The number of ether oxygens (including phenoxy) is 5. The summed E-state index contributed by atoms with van der Waals surface area (Å²) in [7, 11) is 0. The second-order valence-corrected chi connectivity index (χ2v) is 8.98. The largest absolute Gasteiger partial charge is 0.491 e. The Morgan fingerprint density at radius 1 is 1.22 bits per heavy atom. The fraction of sp³-hybridized carbons (Fsp3) is 0.600. The highest BCUT2D eigenvalue weighted by molar-refractivity contribution is 5.87. The number of aliphatic hydroxyl groups excluding tert-OH is 1. The molecule has 0 bridgehead atoms. The molecule has 0 spiro atoms. The molecule has 0 aromatic heterocycles. The summed E-state index contributed by atoms with van der Waals surface area (Å²) in [6.45, 7) is 7.97. The standard InChI is InChI=1S/C25H37N3O8/c1-25(2)35-18-22(36-25)17-34-23(30)8-5-19-3-6-21(7-4-19)33-16-20(29)15-26-9-10-27-24(31)28-11-13-32-14-12-28/h3-8,20,22,26,29H,9-18H2,1-2H3,(H,27,31)/b8-5-/t20-,22+/m0/s1. The SMILES string of the molecule is CC1(C)OC[C@@H](COC(=O)/C=C\c2ccc(OC[C@@H](O)CNCCNC(=O)N3CCOCC3)cc2)O1. The van der Waals surface area contributed by atoms with Gasteiger partial charge < -0.3 is 44.3 Å². The first-order valence-corrected chi connectivity index (χ1v) is 12.2. The minimum Gasteiger partial charge on any atom is -0.491 e. The van der Waals surface area contributed by atoms with Gasteiger partial charge in [0.25, 0.3) is 0 Å². The van der Waals surface area contributed by atoms with Gasteiger partial charge in [0.15, 0.2) is 5.79 Å². The third-order valence-corrected chi connectivity index (χ3v) is 5.47. The lowest BCUT2D eigenvalue weighted by molar-refractivity contribution is -0.154. The predicted molar refractivity (Wildman–Crippen MR) is 132 cm³/mol. The van der Waals surface area contributed by atoms with Crippen molar-refractivity contribution in [3.8, 4) is 5.75 Å². The maximum Gasteiger partial charge on any atom is 0.330 e. The average Bonchev–Trinajstić information content (AvgIpc) is 3.24. The minimum absolute atomic E-state index is 0.0999. The van der Waals surface area contributed by atoms with Crippen LogP contribution in [0.2, 0.25) is 0 Å². The van der Waals surface area contributed by atoms with Gasteiger partial charge in [-0.15, -0.1) is 0 Å². The zero-order valence-electron chi connectivity index (χ0n) is 20.9. The molecular formula is C25H37N3O8. The van der Waals surface area contributed by atoms with E-state index in [1.807, 2.05) is 13.8 Å². The van der Waals surface area contributed by atoms with E-state index in [-0.39, 0.29) is 25.3 Å². The van der Waals surface area contributed by atoms with E-state index in [0.717, 1.165) is 5.56 Å². The molecule has 11 nitrogen and oxygen atoms in total. The van der Waals surface area contributed by atoms with Gasteiger partial charge in [-0.1, -0.05) is 12.1 Å². The first kappa shape index (κ1) is 27.9. The number of esters is 1. The van der Waals surface area contributed by atoms with Crippen molar-refractivity contribution in [2.75, 3.05) is 65.8 Å². The summed E-state index contributed by atoms with van der Waals surface area (Å²) >= 11 is 0. The smallest absolute Gasteiger partial charge is 0.330 e. The molecule has 0 radical (unpaired) electrons. The van der Waals surface area contributed by atoms with Crippen molar-refractivity contribution in [3.05, 3.63) is 35.9 Å². The van der Waals surface area contributed by atoms with Crippen LogP contribution < -0.4 is 15.4 Å². The number of hydrogen-bond acceptors (Lipinski definition) is 9. The maximum absolute atomic E-state index is 12.0. The normalized spacial score (nSPS) is 20.3. The van der Waals surface area contributed by atoms with E-state index < -0.39 is 17.9 Å². The Morgan fingerprint density at radius 2 is 1.97 bits per heavy atom. The number of amides is 2. The Labute approximate surface area is 211 Å². The lowest BCUT2D eigenvalue weighted by Gasteiger charge is -2.27. The maximum atomic E-state index is 12.0. The van der Waals surface area contributed by atoms with Crippen molar-refractivity contribution < 1.29 is 38.4 Å². The number of benzene rings is 1. The van der Waals surface area contributed by atoms with Gasteiger partial charge >= 0.3 is 12.0 Å². The molecule has 2 atom stereocenters. The number of carbonyl (C=O) groups excluding carboxylic acids is 2. The summed E-state index contributed by atoms with van der Waals surface area (Å²) in [5, 5.41) is 16.0. The summed E-state index contributed by atoms with van der Waals surface area (Å²) < 4.78 is 27.1. The van der Waals surface area contributed by atoms with Crippen LogP contribution in [0.4, 0.5) is 4.79 Å². The molecule has 2 aliphatic heterocycles. The topological polar surface area (TPSA) is 128 Å². The Bertz CT molecular complexity index is 855. The molecule has 2 fully saturated rings. The van der Waals surface area contributed by atoms with E-state index in [1.165, 1.54) is 6.08 Å². The Morgan fingerprint density at radius 3 is 2.67 bits per heavy atom. The molecule has 2 amide bonds. The number of carbonyl (C=O) groups is 2. The molecule has 0 aliphatic carbocycles. The predicted octanol–water partition coefficient (Wildman–Crippen LogP) is 0.766. The number of hydrogen-bond donors (Lipinski definition) is 3. The van der Waals surface area contributed by atoms with Crippen LogP contribution in [0.25, 0.3) is 6.08 Å². The summed E-state index contributed by atoms with van der Waals surface area (Å²) in [6.07, 6.45) is 2.04. The van der Waals surface area contributed by atoms with Crippen LogP contribution in [0.3, 0.4) is 0 Å². The van der Waals surface area contributed by atoms with E-state index in [0.29, 0.717) is 58.3 Å². The highest BCUT2D eigenvalue weighted by Gasteiger charge is 2.33. The van der Waals surface area contributed by atoms with E-state index in [9.17, 15) is 14.7 Å². The molecule has 1 aromatic rings. The fourth-order valence-corrected chi connectivity index (χ4v) is 3.56. The van der Waals surface area contributed by atoms with E-state index in [1.54, 1.807) is 35.2 Å². The van der Waals surface area contributed by atoms with Crippen molar-refractivity contribution in [2.24, 2.45) is 0 Å². The molecule has 200 valence electrons. The molecule has 11 heteroatoms.